The molecule has 0 radical (unpaired) electrons. The first-order chi connectivity index (χ1) is 12.7. The second-order valence-electron chi connectivity index (χ2n) is 9.07. The normalized spacial score (nSPS) is 32.1. The topological polar surface area (TPSA) is 32.7 Å². The fourth-order valence-electron chi connectivity index (χ4n) is 4.87. The minimum absolute atomic E-state index is 0.0447. The Morgan fingerprint density at radius 2 is 1.08 bits per heavy atom. The lowest BCUT2D eigenvalue weighted by atomic mass is 9.89. The molecule has 3 heteroatoms. The van der Waals surface area contributed by atoms with Gasteiger partial charge in [-0.25, -0.2) is 0 Å². The Morgan fingerprint density at radius 1 is 0.615 bits per heavy atom. The van der Waals surface area contributed by atoms with E-state index in [0.29, 0.717) is 6.10 Å². The quantitative estimate of drug-likeness (QED) is 0.695. The van der Waals surface area contributed by atoms with Crippen LogP contribution in [0, 0.1) is 0 Å². The Balaban J connectivity index is 1.82. The van der Waals surface area contributed by atoms with Crippen molar-refractivity contribution in [3.8, 4) is 0 Å². The summed E-state index contributed by atoms with van der Waals surface area (Å²) in [6.45, 7) is 0. The molecule has 2 aliphatic carbocycles. The number of ether oxygens (including phenoxy) is 1. The van der Waals surface area contributed by atoms with Crippen molar-refractivity contribution in [1.29, 1.82) is 0 Å². The fourth-order valence-corrected chi connectivity index (χ4v) is 4.87. The van der Waals surface area contributed by atoms with E-state index < -0.39 is 0 Å². The van der Waals surface area contributed by atoms with E-state index in [9.17, 15) is 5.11 Å². The van der Waals surface area contributed by atoms with Crippen molar-refractivity contribution in [3.05, 3.63) is 0 Å². The predicted molar refractivity (Wildman–Crippen MR) is 111 cm³/mol. The predicted octanol–water partition coefficient (Wildman–Crippen LogP) is 5.69. The third-order valence-electron chi connectivity index (χ3n) is 6.60. The molecule has 0 aromatic carbocycles. The molecule has 2 saturated carbocycles. The van der Waals surface area contributed by atoms with Crippen molar-refractivity contribution in [3.63, 3.8) is 0 Å². The van der Waals surface area contributed by atoms with Gasteiger partial charge in [0.25, 0.3) is 0 Å². The first kappa shape index (κ1) is 22.2. The Bertz CT molecular complexity index is 331. The molecule has 2 rings (SSSR count). The van der Waals surface area contributed by atoms with E-state index in [-0.39, 0.29) is 18.2 Å². The highest BCUT2D eigenvalue weighted by Crippen LogP contribution is 2.28. The van der Waals surface area contributed by atoms with Gasteiger partial charge in [-0.2, -0.15) is 0 Å². The molecule has 0 spiro atoms. The van der Waals surface area contributed by atoms with Gasteiger partial charge in [-0.15, -0.1) is 0 Å². The van der Waals surface area contributed by atoms with Gasteiger partial charge in [0.05, 0.1) is 18.3 Å². The highest BCUT2D eigenvalue weighted by Gasteiger charge is 2.34. The van der Waals surface area contributed by atoms with Crippen molar-refractivity contribution in [2.75, 3.05) is 14.1 Å². The van der Waals surface area contributed by atoms with Gasteiger partial charge in [0.2, 0.25) is 0 Å². The van der Waals surface area contributed by atoms with Gasteiger partial charge in [-0.05, 0) is 46.2 Å². The molecule has 0 aliphatic heterocycles. The molecule has 0 aromatic rings. The summed E-state index contributed by atoms with van der Waals surface area (Å²) in [6, 6.07) is 0.260. The third kappa shape index (κ3) is 8.27. The van der Waals surface area contributed by atoms with Gasteiger partial charge < -0.3 is 14.7 Å². The third-order valence-corrected chi connectivity index (χ3v) is 6.60. The number of nitrogens with zero attached hydrogens (tertiary/aromatic N) is 1. The molecule has 26 heavy (non-hydrogen) atoms. The highest BCUT2D eigenvalue weighted by atomic mass is 16.5. The number of hydrogen-bond acceptors (Lipinski definition) is 3. The zero-order valence-corrected chi connectivity index (χ0v) is 17.6. The summed E-state index contributed by atoms with van der Waals surface area (Å²) in [5, 5.41) is 10.8. The van der Waals surface area contributed by atoms with Gasteiger partial charge >= 0.3 is 0 Å². The van der Waals surface area contributed by atoms with E-state index in [1.54, 1.807) is 0 Å². The first-order valence-electron chi connectivity index (χ1n) is 11.7. The van der Waals surface area contributed by atoms with Crippen LogP contribution in [0.5, 0.6) is 0 Å². The largest absolute Gasteiger partial charge is 0.389 e. The van der Waals surface area contributed by atoms with E-state index in [1.807, 2.05) is 0 Å². The lowest BCUT2D eigenvalue weighted by molar-refractivity contribution is -0.121. The molecule has 3 atom stereocenters. The summed E-state index contributed by atoms with van der Waals surface area (Å²) in [5.74, 6) is 0. The van der Waals surface area contributed by atoms with Gasteiger partial charge in [-0.3, -0.25) is 0 Å². The Kier molecular flexibility index (Phi) is 11.2. The number of likely N-dealkylation sites (N-methyl/N-ethyl adjacent to an activating group) is 1. The van der Waals surface area contributed by atoms with E-state index in [2.05, 4.69) is 19.0 Å². The first-order valence-corrected chi connectivity index (χ1v) is 11.7. The molecule has 0 bridgehead atoms. The molecule has 0 saturated heterocycles. The van der Waals surface area contributed by atoms with Crippen molar-refractivity contribution < 1.29 is 9.84 Å². The standard InChI is InChI=1S/C23H45NO2/c1-24(2)21-18-15-19-22(23(21)25)26-20-16-13-11-9-7-5-3-4-6-8-10-12-14-17-20/h20-23,25H,3-19H2,1-2H3. The zero-order valence-electron chi connectivity index (χ0n) is 17.6. The lowest BCUT2D eigenvalue weighted by Crippen LogP contribution is -2.50. The van der Waals surface area contributed by atoms with E-state index in [4.69, 9.17) is 4.74 Å². The van der Waals surface area contributed by atoms with E-state index in [0.717, 1.165) is 12.8 Å². The smallest absolute Gasteiger partial charge is 0.0956 e. The number of aliphatic hydroxyl groups excluding tert-OH is 1. The van der Waals surface area contributed by atoms with E-state index in [1.165, 1.54) is 96.3 Å². The molecular formula is C23H45NO2. The molecule has 2 aliphatic rings. The maximum Gasteiger partial charge on any atom is 0.0956 e. The van der Waals surface area contributed by atoms with Crippen LogP contribution in [0.2, 0.25) is 0 Å². The minimum Gasteiger partial charge on any atom is -0.389 e. The minimum atomic E-state index is -0.324. The molecule has 0 aromatic heterocycles. The van der Waals surface area contributed by atoms with Gasteiger partial charge in [0.1, 0.15) is 0 Å². The molecular weight excluding hydrogens is 322 g/mol. The lowest BCUT2D eigenvalue weighted by Gasteiger charge is -2.39. The summed E-state index contributed by atoms with van der Waals surface area (Å²) in [5.41, 5.74) is 0. The van der Waals surface area contributed by atoms with Crippen LogP contribution in [-0.2, 0) is 4.74 Å². The average Bonchev–Trinajstić information content (AvgIpc) is 2.63. The van der Waals surface area contributed by atoms with Crippen LogP contribution in [0.15, 0.2) is 0 Å². The van der Waals surface area contributed by atoms with Crippen LogP contribution >= 0.6 is 0 Å². The Hall–Kier alpha value is -0.120. The maximum absolute atomic E-state index is 10.8. The monoisotopic (exact) mass is 367 g/mol. The average molecular weight is 368 g/mol. The van der Waals surface area contributed by atoms with Crippen LogP contribution in [0.3, 0.4) is 0 Å². The highest BCUT2D eigenvalue weighted by molar-refractivity contribution is 4.88. The fraction of sp³-hybridized carbons (Fsp3) is 1.00. The van der Waals surface area contributed by atoms with E-state index >= 15 is 0 Å². The molecule has 154 valence electrons. The van der Waals surface area contributed by atoms with Gasteiger partial charge in [0.15, 0.2) is 0 Å². The number of rotatable bonds is 3. The second kappa shape index (κ2) is 13.1. The SMILES string of the molecule is CN(C)C1CCCC(OC2CCCCCCCCCCCCCC2)C1O. The van der Waals surface area contributed by atoms with Crippen molar-refractivity contribution in [2.45, 2.75) is 134 Å². The molecule has 2 fully saturated rings. The molecule has 0 heterocycles. The summed E-state index contributed by atoms with van der Waals surface area (Å²) in [4.78, 5) is 2.18. The second-order valence-corrected chi connectivity index (χ2v) is 9.07. The van der Waals surface area contributed by atoms with Crippen molar-refractivity contribution in [1.82, 2.24) is 4.90 Å². The number of aliphatic hydroxyl groups is 1. The summed E-state index contributed by atoms with van der Waals surface area (Å²) in [6.07, 6.45) is 22.4. The van der Waals surface area contributed by atoms with Crippen LogP contribution in [0.4, 0.5) is 0 Å². The summed E-state index contributed by atoms with van der Waals surface area (Å²) in [7, 11) is 4.17. The Morgan fingerprint density at radius 3 is 1.54 bits per heavy atom. The molecule has 3 unspecified atom stereocenters. The van der Waals surface area contributed by atoms with Crippen molar-refractivity contribution in [2.24, 2.45) is 0 Å². The molecule has 3 nitrogen and oxygen atoms in total. The van der Waals surface area contributed by atoms with Crippen LogP contribution in [-0.4, -0.2) is 48.5 Å². The van der Waals surface area contributed by atoms with Crippen molar-refractivity contribution >= 4 is 0 Å². The zero-order chi connectivity index (χ0) is 18.6. The number of hydrogen-bond donors (Lipinski definition) is 1. The maximum atomic E-state index is 10.8. The molecule has 0 amide bonds. The van der Waals surface area contributed by atoms with Crippen LogP contribution in [0.25, 0.3) is 0 Å². The Labute approximate surface area is 162 Å². The summed E-state index contributed by atoms with van der Waals surface area (Å²) < 4.78 is 6.53. The summed E-state index contributed by atoms with van der Waals surface area (Å²) >= 11 is 0. The van der Waals surface area contributed by atoms with Gasteiger partial charge in [0, 0.05) is 6.04 Å². The molecule has 1 N–H and O–H groups in total. The van der Waals surface area contributed by atoms with Crippen LogP contribution < -0.4 is 0 Å². The van der Waals surface area contributed by atoms with Gasteiger partial charge in [-0.1, -0.05) is 77.0 Å². The van der Waals surface area contributed by atoms with Crippen LogP contribution in [0.1, 0.15) is 109 Å².